The van der Waals surface area contributed by atoms with Crippen molar-refractivity contribution in [2.24, 2.45) is 5.90 Å². The van der Waals surface area contributed by atoms with Crippen molar-refractivity contribution in [3.8, 4) is 0 Å². The van der Waals surface area contributed by atoms with Gasteiger partial charge < -0.3 is 4.90 Å². The van der Waals surface area contributed by atoms with Crippen molar-refractivity contribution in [1.29, 1.82) is 0 Å². The molecular weight excluding hydrogens is 242 g/mol. The van der Waals surface area contributed by atoms with Gasteiger partial charge in [-0.3, -0.25) is 9.63 Å². The molecule has 0 radical (unpaired) electrons. The van der Waals surface area contributed by atoms with Crippen LogP contribution < -0.4 is 5.90 Å². The van der Waals surface area contributed by atoms with Crippen molar-refractivity contribution in [2.75, 3.05) is 13.1 Å². The Balaban J connectivity index is 2.12. The summed E-state index contributed by atoms with van der Waals surface area (Å²) in [5.74, 6) is 2.78. The van der Waals surface area contributed by atoms with Crippen LogP contribution in [0.3, 0.4) is 0 Å². The summed E-state index contributed by atoms with van der Waals surface area (Å²) < 4.78 is 25.8. The first-order valence-electron chi connectivity index (χ1n) is 5.71. The van der Waals surface area contributed by atoms with Crippen molar-refractivity contribution >= 4 is 5.91 Å². The maximum atomic E-state index is 13.1. The van der Waals surface area contributed by atoms with Crippen molar-refractivity contribution < 1.29 is 18.4 Å². The van der Waals surface area contributed by atoms with Crippen molar-refractivity contribution in [1.82, 2.24) is 4.90 Å². The third kappa shape index (κ3) is 2.65. The Morgan fingerprint density at radius 3 is 2.83 bits per heavy atom. The molecule has 18 heavy (non-hydrogen) atoms. The number of hydrogen-bond donors (Lipinski definition) is 1. The van der Waals surface area contributed by atoms with Gasteiger partial charge in [-0.2, -0.15) is 0 Å². The smallest absolute Gasteiger partial charge is 0.254 e. The molecule has 1 heterocycles. The van der Waals surface area contributed by atoms with Crippen LogP contribution in [0.1, 0.15) is 23.2 Å². The molecule has 1 saturated heterocycles. The Morgan fingerprint density at radius 2 is 2.17 bits per heavy atom. The molecule has 2 N–H and O–H groups in total. The molecule has 0 bridgehead atoms. The van der Waals surface area contributed by atoms with E-state index >= 15 is 0 Å². The minimum atomic E-state index is -1.02. The summed E-state index contributed by atoms with van der Waals surface area (Å²) in [5.41, 5.74) is 0.131. The SMILES string of the molecule is NOC1CCCN(C(=O)c2ccc(F)c(F)c2)C1. The Labute approximate surface area is 103 Å². The standard InChI is InChI=1S/C12H14F2N2O2/c13-10-4-3-8(6-11(10)14)12(17)16-5-1-2-9(7-16)18-15/h3-4,6,9H,1-2,5,7,15H2. The maximum absolute atomic E-state index is 13.1. The van der Waals surface area contributed by atoms with Crippen molar-refractivity contribution in [3.63, 3.8) is 0 Å². The van der Waals surface area contributed by atoms with Gasteiger partial charge in [0.15, 0.2) is 11.6 Å². The van der Waals surface area contributed by atoms with Gasteiger partial charge in [0.25, 0.3) is 5.91 Å². The fraction of sp³-hybridized carbons (Fsp3) is 0.417. The quantitative estimate of drug-likeness (QED) is 0.815. The minimum Gasteiger partial charge on any atom is -0.336 e. The molecule has 1 aromatic carbocycles. The van der Waals surface area contributed by atoms with E-state index in [1.807, 2.05) is 0 Å². The summed E-state index contributed by atoms with van der Waals surface area (Å²) in [6, 6.07) is 3.13. The van der Waals surface area contributed by atoms with Crippen LogP contribution in [-0.2, 0) is 4.84 Å². The van der Waals surface area contributed by atoms with E-state index in [0.717, 1.165) is 25.0 Å². The first kappa shape index (κ1) is 12.9. The Bertz CT molecular complexity index is 454. The van der Waals surface area contributed by atoms with Crippen LogP contribution in [0, 0.1) is 11.6 Å². The second-order valence-electron chi connectivity index (χ2n) is 4.28. The average Bonchev–Trinajstić information content (AvgIpc) is 2.41. The van der Waals surface area contributed by atoms with Crippen LogP contribution in [0.5, 0.6) is 0 Å². The Hall–Kier alpha value is -1.53. The molecule has 1 unspecified atom stereocenters. The largest absolute Gasteiger partial charge is 0.336 e. The van der Waals surface area contributed by atoms with Gasteiger partial charge in [0, 0.05) is 18.7 Å². The van der Waals surface area contributed by atoms with Crippen LogP contribution in [0.4, 0.5) is 8.78 Å². The average molecular weight is 256 g/mol. The zero-order chi connectivity index (χ0) is 13.1. The van der Waals surface area contributed by atoms with Gasteiger partial charge >= 0.3 is 0 Å². The van der Waals surface area contributed by atoms with Crippen LogP contribution >= 0.6 is 0 Å². The van der Waals surface area contributed by atoms with E-state index in [0.29, 0.717) is 13.1 Å². The Kier molecular flexibility index (Phi) is 3.88. The highest BCUT2D eigenvalue weighted by Crippen LogP contribution is 2.16. The molecule has 1 fully saturated rings. The maximum Gasteiger partial charge on any atom is 0.254 e. The van der Waals surface area contributed by atoms with Gasteiger partial charge in [0.2, 0.25) is 0 Å². The number of piperidine rings is 1. The first-order valence-corrected chi connectivity index (χ1v) is 5.71. The zero-order valence-electron chi connectivity index (χ0n) is 9.73. The highest BCUT2D eigenvalue weighted by molar-refractivity contribution is 5.94. The molecule has 2 rings (SSSR count). The summed E-state index contributed by atoms with van der Waals surface area (Å²) in [6.07, 6.45) is 1.36. The van der Waals surface area contributed by atoms with Crippen LogP contribution in [0.15, 0.2) is 18.2 Å². The second-order valence-corrected chi connectivity index (χ2v) is 4.28. The lowest BCUT2D eigenvalue weighted by atomic mass is 10.1. The summed E-state index contributed by atoms with van der Waals surface area (Å²) in [6.45, 7) is 0.937. The molecule has 0 spiro atoms. The number of hydrogen-bond acceptors (Lipinski definition) is 3. The molecular formula is C12H14F2N2O2. The predicted molar refractivity (Wildman–Crippen MR) is 60.6 cm³/mol. The number of benzene rings is 1. The summed E-state index contributed by atoms with van der Waals surface area (Å²) >= 11 is 0. The third-order valence-electron chi connectivity index (χ3n) is 3.02. The molecule has 0 saturated carbocycles. The number of nitrogens with zero attached hydrogens (tertiary/aromatic N) is 1. The second kappa shape index (κ2) is 5.41. The molecule has 1 aliphatic heterocycles. The number of nitrogens with two attached hydrogens (primary N) is 1. The van der Waals surface area contributed by atoms with Gasteiger partial charge in [0.05, 0.1) is 6.10 Å². The highest BCUT2D eigenvalue weighted by Gasteiger charge is 2.25. The van der Waals surface area contributed by atoms with Crippen LogP contribution in [0.25, 0.3) is 0 Å². The predicted octanol–water partition coefficient (Wildman–Crippen LogP) is 1.46. The van der Waals surface area contributed by atoms with Gasteiger partial charge in [-0.05, 0) is 31.0 Å². The lowest BCUT2D eigenvalue weighted by Crippen LogP contribution is -2.44. The van der Waals surface area contributed by atoms with E-state index in [1.165, 1.54) is 11.0 Å². The highest BCUT2D eigenvalue weighted by atomic mass is 19.2. The van der Waals surface area contributed by atoms with Crippen molar-refractivity contribution in [3.05, 3.63) is 35.4 Å². The van der Waals surface area contributed by atoms with E-state index < -0.39 is 11.6 Å². The first-order chi connectivity index (χ1) is 8.61. The van der Waals surface area contributed by atoms with Gasteiger partial charge in [-0.25, -0.2) is 14.7 Å². The molecule has 1 atom stereocenters. The fourth-order valence-electron chi connectivity index (χ4n) is 2.05. The monoisotopic (exact) mass is 256 g/mol. The topological polar surface area (TPSA) is 55.6 Å². The number of amides is 1. The number of carbonyl (C=O) groups excluding carboxylic acids is 1. The lowest BCUT2D eigenvalue weighted by molar-refractivity contribution is 0.000949. The lowest BCUT2D eigenvalue weighted by Gasteiger charge is -2.31. The van der Waals surface area contributed by atoms with Crippen molar-refractivity contribution in [2.45, 2.75) is 18.9 Å². The van der Waals surface area contributed by atoms with Gasteiger partial charge in [0.1, 0.15) is 0 Å². The zero-order valence-corrected chi connectivity index (χ0v) is 9.73. The molecule has 6 heteroatoms. The van der Waals surface area contributed by atoms with E-state index in [1.54, 1.807) is 0 Å². The number of likely N-dealkylation sites (tertiary alicyclic amines) is 1. The third-order valence-corrected chi connectivity index (χ3v) is 3.02. The van der Waals surface area contributed by atoms with Crippen LogP contribution in [-0.4, -0.2) is 30.0 Å². The van der Waals surface area contributed by atoms with E-state index in [4.69, 9.17) is 10.7 Å². The number of halogens is 2. The van der Waals surface area contributed by atoms with E-state index in [-0.39, 0.29) is 17.6 Å². The number of carbonyl (C=O) groups is 1. The Morgan fingerprint density at radius 1 is 1.39 bits per heavy atom. The summed E-state index contributed by atoms with van der Waals surface area (Å²) in [5, 5.41) is 0. The summed E-state index contributed by atoms with van der Waals surface area (Å²) in [7, 11) is 0. The molecule has 4 nitrogen and oxygen atoms in total. The fourth-order valence-corrected chi connectivity index (χ4v) is 2.05. The summed E-state index contributed by atoms with van der Waals surface area (Å²) in [4.78, 5) is 18.3. The molecule has 1 amide bonds. The molecule has 0 aromatic heterocycles. The minimum absolute atomic E-state index is 0.131. The van der Waals surface area contributed by atoms with Gasteiger partial charge in [-0.15, -0.1) is 0 Å². The molecule has 1 aliphatic rings. The number of rotatable bonds is 2. The van der Waals surface area contributed by atoms with Gasteiger partial charge in [-0.1, -0.05) is 0 Å². The normalized spacial score (nSPS) is 19.9. The molecule has 0 aliphatic carbocycles. The molecule has 1 aromatic rings. The van der Waals surface area contributed by atoms with Crippen LogP contribution in [0.2, 0.25) is 0 Å². The van der Waals surface area contributed by atoms with E-state index in [2.05, 4.69) is 0 Å². The van der Waals surface area contributed by atoms with E-state index in [9.17, 15) is 13.6 Å². The molecule has 98 valence electrons.